The van der Waals surface area contributed by atoms with Crippen molar-refractivity contribution in [3.8, 4) is 17.3 Å². The number of rotatable bonds is 5. The zero-order chi connectivity index (χ0) is 26.1. The van der Waals surface area contributed by atoms with E-state index in [1.54, 1.807) is 0 Å². The van der Waals surface area contributed by atoms with Gasteiger partial charge in [-0.2, -0.15) is 5.10 Å². The molecule has 0 saturated heterocycles. The summed E-state index contributed by atoms with van der Waals surface area (Å²) in [4.78, 5) is 15.8. The highest BCUT2D eigenvalue weighted by atomic mass is 16.5. The van der Waals surface area contributed by atoms with Gasteiger partial charge >= 0.3 is 6.03 Å². The summed E-state index contributed by atoms with van der Waals surface area (Å²) in [6.45, 7) is 4.97. The SMILES string of the molecule is CCOc1ccc([C@@H]2c3cccn3-c3c(c(C)nn3-c3ccccc3)CN2C(=O)Nc2ccccc2)cc1. The topological polar surface area (TPSA) is 64.3 Å². The average Bonchev–Trinajstić information content (AvgIpc) is 3.51. The smallest absolute Gasteiger partial charge is 0.322 e. The lowest BCUT2D eigenvalue weighted by Crippen LogP contribution is -2.38. The third-order valence-electron chi connectivity index (χ3n) is 6.88. The van der Waals surface area contributed by atoms with Gasteiger partial charge in [0.2, 0.25) is 0 Å². The van der Waals surface area contributed by atoms with Gasteiger partial charge in [-0.05, 0) is 67.9 Å². The molecule has 0 bridgehead atoms. The van der Waals surface area contributed by atoms with E-state index in [2.05, 4.69) is 22.1 Å². The maximum Gasteiger partial charge on any atom is 0.322 e. The predicted octanol–water partition coefficient (Wildman–Crippen LogP) is 6.51. The molecule has 3 aromatic carbocycles. The number of benzene rings is 3. The largest absolute Gasteiger partial charge is 0.494 e. The molecule has 0 unspecified atom stereocenters. The molecule has 7 heteroatoms. The van der Waals surface area contributed by atoms with Crippen molar-refractivity contribution >= 4 is 11.7 Å². The van der Waals surface area contributed by atoms with Crippen LogP contribution in [0.1, 0.15) is 35.5 Å². The van der Waals surface area contributed by atoms with E-state index in [1.165, 1.54) is 0 Å². The zero-order valence-electron chi connectivity index (χ0n) is 21.4. The zero-order valence-corrected chi connectivity index (χ0v) is 21.4. The van der Waals surface area contributed by atoms with Gasteiger partial charge < -0.3 is 19.5 Å². The number of para-hydroxylation sites is 2. The van der Waals surface area contributed by atoms with Crippen molar-refractivity contribution in [2.45, 2.75) is 26.4 Å². The molecule has 1 aliphatic heterocycles. The minimum absolute atomic E-state index is 0.178. The standard InChI is InChI=1S/C31H29N5O2/c1-3-38-26-18-16-23(17-19-26)29-28-15-10-20-34(28)30-27(22(2)33-36(30)25-13-8-5-9-14-25)21-35(29)31(37)32-24-11-6-4-7-12-24/h4-20,29H,3,21H2,1-2H3,(H,32,37)/t29-/m1/s1. The van der Waals surface area contributed by atoms with Crippen molar-refractivity contribution in [1.82, 2.24) is 19.2 Å². The fraction of sp³-hybridized carbons (Fsp3) is 0.161. The van der Waals surface area contributed by atoms with Crippen molar-refractivity contribution in [3.05, 3.63) is 126 Å². The molecule has 0 aliphatic carbocycles. The van der Waals surface area contributed by atoms with Crippen molar-refractivity contribution in [2.24, 2.45) is 0 Å². The van der Waals surface area contributed by atoms with Crippen LogP contribution in [0.2, 0.25) is 0 Å². The quantitative estimate of drug-likeness (QED) is 0.297. The molecule has 2 aromatic heterocycles. The highest BCUT2D eigenvalue weighted by molar-refractivity contribution is 5.90. The molecule has 0 spiro atoms. The van der Waals surface area contributed by atoms with Crippen LogP contribution in [0, 0.1) is 6.92 Å². The Hall–Kier alpha value is -4.78. The number of nitrogens with one attached hydrogen (secondary N) is 1. The van der Waals surface area contributed by atoms with Crippen LogP contribution in [-0.4, -0.2) is 31.9 Å². The minimum atomic E-state index is -0.333. The van der Waals surface area contributed by atoms with Crippen molar-refractivity contribution < 1.29 is 9.53 Å². The summed E-state index contributed by atoms with van der Waals surface area (Å²) in [6, 6.07) is 31.3. The molecule has 6 rings (SSSR count). The molecule has 3 heterocycles. The highest BCUT2D eigenvalue weighted by Crippen LogP contribution is 2.39. The summed E-state index contributed by atoms with van der Waals surface area (Å²) in [5.74, 6) is 1.75. The number of carbonyl (C=O) groups excluding carboxylic acids is 1. The summed E-state index contributed by atoms with van der Waals surface area (Å²) in [5, 5.41) is 8.02. The number of fused-ring (bicyclic) bond motifs is 3. The van der Waals surface area contributed by atoms with Gasteiger partial charge in [0.05, 0.1) is 36.3 Å². The van der Waals surface area contributed by atoms with Gasteiger partial charge in [-0.3, -0.25) is 0 Å². The van der Waals surface area contributed by atoms with Crippen molar-refractivity contribution in [1.29, 1.82) is 0 Å². The summed E-state index contributed by atoms with van der Waals surface area (Å²) in [6.07, 6.45) is 2.05. The van der Waals surface area contributed by atoms with E-state index in [4.69, 9.17) is 9.84 Å². The molecule has 0 radical (unpaired) electrons. The Morgan fingerprint density at radius 1 is 0.947 bits per heavy atom. The van der Waals surface area contributed by atoms with Crippen LogP contribution >= 0.6 is 0 Å². The molecular formula is C31H29N5O2. The Bertz CT molecular complexity index is 1560. The monoisotopic (exact) mass is 503 g/mol. The number of amides is 2. The van der Waals surface area contributed by atoms with Crippen LogP contribution < -0.4 is 10.1 Å². The van der Waals surface area contributed by atoms with Gasteiger partial charge in [-0.25, -0.2) is 9.48 Å². The normalized spacial score (nSPS) is 14.4. The molecule has 0 saturated carbocycles. The molecule has 2 amide bonds. The second-order valence-electron chi connectivity index (χ2n) is 9.27. The number of aryl methyl sites for hydroxylation is 1. The summed E-state index contributed by atoms with van der Waals surface area (Å²) >= 11 is 0. The second kappa shape index (κ2) is 9.94. The van der Waals surface area contributed by atoms with Crippen molar-refractivity contribution in [3.63, 3.8) is 0 Å². The molecule has 1 N–H and O–H groups in total. The van der Waals surface area contributed by atoms with Gasteiger partial charge in [0.1, 0.15) is 11.6 Å². The van der Waals surface area contributed by atoms with Gasteiger partial charge in [0.15, 0.2) is 0 Å². The Kier molecular flexibility index (Phi) is 6.17. The Balaban J connectivity index is 1.52. The van der Waals surface area contributed by atoms with Crippen LogP contribution in [0.4, 0.5) is 10.5 Å². The maximum absolute atomic E-state index is 14.0. The van der Waals surface area contributed by atoms with E-state index in [9.17, 15) is 4.79 Å². The van der Waals surface area contributed by atoms with E-state index < -0.39 is 0 Å². The fourth-order valence-electron chi connectivity index (χ4n) is 5.13. The van der Waals surface area contributed by atoms with E-state index in [0.717, 1.165) is 45.5 Å². The molecule has 0 fully saturated rings. The second-order valence-corrected chi connectivity index (χ2v) is 9.27. The Morgan fingerprint density at radius 3 is 2.37 bits per heavy atom. The Labute approximate surface area is 221 Å². The van der Waals surface area contributed by atoms with Crippen molar-refractivity contribution in [2.75, 3.05) is 11.9 Å². The first-order chi connectivity index (χ1) is 18.6. The number of urea groups is 1. The van der Waals surface area contributed by atoms with E-state index in [-0.39, 0.29) is 12.1 Å². The van der Waals surface area contributed by atoms with Gasteiger partial charge in [0.25, 0.3) is 0 Å². The summed E-state index contributed by atoms with van der Waals surface area (Å²) in [7, 11) is 0. The van der Waals surface area contributed by atoms with Crippen LogP contribution in [-0.2, 0) is 6.54 Å². The third-order valence-corrected chi connectivity index (χ3v) is 6.88. The number of hydrogen-bond acceptors (Lipinski definition) is 3. The fourth-order valence-corrected chi connectivity index (χ4v) is 5.13. The number of carbonyl (C=O) groups is 1. The van der Waals surface area contributed by atoms with E-state index in [0.29, 0.717) is 13.2 Å². The molecule has 190 valence electrons. The predicted molar refractivity (Wildman–Crippen MR) is 148 cm³/mol. The average molecular weight is 504 g/mol. The first kappa shape index (κ1) is 23.6. The first-order valence-electron chi connectivity index (χ1n) is 12.8. The van der Waals surface area contributed by atoms with E-state index >= 15 is 0 Å². The molecular weight excluding hydrogens is 474 g/mol. The molecule has 7 nitrogen and oxygen atoms in total. The molecule has 1 atom stereocenters. The molecule has 38 heavy (non-hydrogen) atoms. The number of ether oxygens (including phenoxy) is 1. The number of aromatic nitrogens is 3. The van der Waals surface area contributed by atoms with Crippen LogP contribution in [0.25, 0.3) is 11.5 Å². The highest BCUT2D eigenvalue weighted by Gasteiger charge is 2.36. The lowest BCUT2D eigenvalue weighted by molar-refractivity contribution is 0.194. The third kappa shape index (κ3) is 4.22. The summed E-state index contributed by atoms with van der Waals surface area (Å²) in [5.41, 5.74) is 5.58. The number of hydrogen-bond donors (Lipinski definition) is 1. The number of nitrogens with zero attached hydrogens (tertiary/aromatic N) is 4. The molecule has 5 aromatic rings. The summed E-state index contributed by atoms with van der Waals surface area (Å²) < 4.78 is 9.83. The van der Waals surface area contributed by atoms with Gasteiger partial charge in [-0.15, -0.1) is 0 Å². The van der Waals surface area contributed by atoms with Crippen LogP contribution in [0.15, 0.2) is 103 Å². The van der Waals surface area contributed by atoms with E-state index in [1.807, 2.05) is 114 Å². The van der Waals surface area contributed by atoms with Gasteiger partial charge in [0, 0.05) is 17.4 Å². The lowest BCUT2D eigenvalue weighted by atomic mass is 10.0. The number of anilines is 1. The maximum atomic E-state index is 14.0. The minimum Gasteiger partial charge on any atom is -0.494 e. The van der Waals surface area contributed by atoms with Gasteiger partial charge in [-0.1, -0.05) is 48.5 Å². The lowest BCUT2D eigenvalue weighted by Gasteiger charge is -2.31. The first-order valence-corrected chi connectivity index (χ1v) is 12.8. The molecule has 1 aliphatic rings. The Morgan fingerprint density at radius 2 is 1.66 bits per heavy atom. The van der Waals surface area contributed by atoms with Crippen LogP contribution in [0.5, 0.6) is 5.75 Å². The van der Waals surface area contributed by atoms with Crippen LogP contribution in [0.3, 0.4) is 0 Å².